The molecule has 5 atom stereocenters. The summed E-state index contributed by atoms with van der Waals surface area (Å²) in [6.45, 7) is 2.05. The molecular formula is C21H41N7O7. The van der Waals surface area contributed by atoms with Crippen LogP contribution in [-0.2, 0) is 24.0 Å². The second-order valence-corrected chi connectivity index (χ2v) is 8.36. The van der Waals surface area contributed by atoms with E-state index >= 15 is 0 Å². The smallest absolute Gasteiger partial charge is 0.326 e. The fourth-order valence-corrected chi connectivity index (χ4v) is 3.10. The molecular weight excluding hydrogens is 462 g/mol. The Morgan fingerprint density at radius 2 is 1.17 bits per heavy atom. The van der Waals surface area contributed by atoms with Crippen LogP contribution in [0.5, 0.6) is 0 Å². The number of rotatable bonds is 19. The zero-order chi connectivity index (χ0) is 27.0. The topological polar surface area (TPSA) is 266 Å². The van der Waals surface area contributed by atoms with Crippen LogP contribution in [0.2, 0.25) is 0 Å². The zero-order valence-electron chi connectivity index (χ0n) is 20.2. The van der Waals surface area contributed by atoms with E-state index in [1.165, 1.54) is 6.92 Å². The number of hydrogen-bond donors (Lipinski definition) is 9. The lowest BCUT2D eigenvalue weighted by atomic mass is 10.0. The molecule has 0 aliphatic rings. The predicted octanol–water partition coefficient (Wildman–Crippen LogP) is -3.24. The molecule has 0 saturated carbocycles. The van der Waals surface area contributed by atoms with Crippen molar-refractivity contribution in [2.24, 2.45) is 22.9 Å². The van der Waals surface area contributed by atoms with Crippen molar-refractivity contribution in [3.05, 3.63) is 0 Å². The number of primary amides is 1. The summed E-state index contributed by atoms with van der Waals surface area (Å²) in [5, 5.41) is 26.2. The normalized spacial score (nSPS) is 15.2. The number of amides is 4. The molecule has 0 saturated heterocycles. The first-order valence-corrected chi connectivity index (χ1v) is 11.7. The van der Waals surface area contributed by atoms with E-state index in [9.17, 15) is 34.2 Å². The van der Waals surface area contributed by atoms with Crippen LogP contribution in [0.25, 0.3) is 0 Å². The lowest BCUT2D eigenvalue weighted by Gasteiger charge is -2.25. The Morgan fingerprint density at radius 1 is 0.743 bits per heavy atom. The standard InChI is InChI=1S/C21H41N7O7/c1-12(29)17(25)20(33)27-13(6-2-4-10-22)18(31)26-14(8-9-16(24)30)19(32)28-15(21(34)35)7-3-5-11-23/h12-15,17,29H,2-11,22-23,25H2,1H3,(H2,24,30)(H,26,31)(H,27,33)(H,28,32)(H,34,35). The van der Waals surface area contributed by atoms with Crippen LogP contribution < -0.4 is 38.9 Å². The highest BCUT2D eigenvalue weighted by molar-refractivity contribution is 5.94. The first-order valence-electron chi connectivity index (χ1n) is 11.7. The van der Waals surface area contributed by atoms with E-state index in [2.05, 4.69) is 16.0 Å². The van der Waals surface area contributed by atoms with Gasteiger partial charge in [0.2, 0.25) is 23.6 Å². The Kier molecular flexibility index (Phi) is 16.2. The number of nitrogens with two attached hydrogens (primary N) is 4. The lowest BCUT2D eigenvalue weighted by molar-refractivity contribution is -0.142. The van der Waals surface area contributed by atoms with E-state index in [0.717, 1.165) is 0 Å². The highest BCUT2D eigenvalue weighted by atomic mass is 16.4. The molecule has 5 unspecified atom stereocenters. The summed E-state index contributed by atoms with van der Waals surface area (Å²) >= 11 is 0. The number of hydrogen-bond acceptors (Lipinski definition) is 9. The Labute approximate surface area is 204 Å². The second kappa shape index (κ2) is 17.6. The third kappa shape index (κ3) is 13.6. The fourth-order valence-electron chi connectivity index (χ4n) is 3.10. The summed E-state index contributed by atoms with van der Waals surface area (Å²) in [6, 6.07) is -4.89. The summed E-state index contributed by atoms with van der Waals surface area (Å²) in [7, 11) is 0. The van der Waals surface area contributed by atoms with Crippen molar-refractivity contribution in [2.45, 2.75) is 88.6 Å². The Balaban J connectivity index is 5.53. The maximum absolute atomic E-state index is 13.0. The summed E-state index contributed by atoms with van der Waals surface area (Å²) in [5.74, 6) is -4.29. The van der Waals surface area contributed by atoms with Gasteiger partial charge < -0.3 is 49.1 Å². The average Bonchev–Trinajstić information content (AvgIpc) is 2.79. The number of unbranched alkanes of at least 4 members (excludes halogenated alkanes) is 2. The minimum absolute atomic E-state index is 0.129. The van der Waals surface area contributed by atoms with Gasteiger partial charge in [-0.15, -0.1) is 0 Å². The summed E-state index contributed by atoms with van der Waals surface area (Å²) in [4.78, 5) is 60.9. The number of carbonyl (C=O) groups excluding carboxylic acids is 4. The quantitative estimate of drug-likeness (QED) is 0.0794. The maximum atomic E-state index is 13.0. The van der Waals surface area contributed by atoms with Gasteiger partial charge in [0.05, 0.1) is 6.10 Å². The van der Waals surface area contributed by atoms with E-state index in [4.69, 9.17) is 22.9 Å². The van der Waals surface area contributed by atoms with Crippen molar-refractivity contribution in [1.82, 2.24) is 16.0 Å². The van der Waals surface area contributed by atoms with Crippen molar-refractivity contribution in [3.8, 4) is 0 Å². The molecule has 0 rings (SSSR count). The van der Waals surface area contributed by atoms with Crippen LogP contribution in [0.4, 0.5) is 0 Å². The van der Waals surface area contributed by atoms with Gasteiger partial charge in [0.1, 0.15) is 24.2 Å². The molecule has 0 aromatic rings. The number of aliphatic carboxylic acids is 1. The van der Waals surface area contributed by atoms with Gasteiger partial charge in [-0.2, -0.15) is 0 Å². The molecule has 0 aromatic carbocycles. The van der Waals surface area contributed by atoms with Crippen LogP contribution in [0, 0.1) is 0 Å². The number of aliphatic hydroxyl groups excluding tert-OH is 1. The maximum Gasteiger partial charge on any atom is 0.326 e. The Hall–Kier alpha value is -2.81. The summed E-state index contributed by atoms with van der Waals surface area (Å²) in [5.41, 5.74) is 21.7. The molecule has 0 heterocycles. The summed E-state index contributed by atoms with van der Waals surface area (Å²) < 4.78 is 0. The van der Waals surface area contributed by atoms with Crippen LogP contribution in [0.1, 0.15) is 58.3 Å². The Morgan fingerprint density at radius 3 is 1.60 bits per heavy atom. The van der Waals surface area contributed by atoms with E-state index in [1.807, 2.05) is 0 Å². The Bertz CT molecular complexity index is 706. The largest absolute Gasteiger partial charge is 0.480 e. The highest BCUT2D eigenvalue weighted by Gasteiger charge is 2.30. The van der Waals surface area contributed by atoms with Crippen molar-refractivity contribution >= 4 is 29.6 Å². The number of carboxylic acid groups (broad SMARTS) is 1. The van der Waals surface area contributed by atoms with Crippen LogP contribution in [0.3, 0.4) is 0 Å². The highest BCUT2D eigenvalue weighted by Crippen LogP contribution is 2.07. The molecule has 0 spiro atoms. The number of aliphatic hydroxyl groups is 1. The monoisotopic (exact) mass is 503 g/mol. The van der Waals surface area contributed by atoms with Crippen molar-refractivity contribution < 1.29 is 34.2 Å². The van der Waals surface area contributed by atoms with Gasteiger partial charge in [-0.05, 0) is 65.0 Å². The van der Waals surface area contributed by atoms with Crippen molar-refractivity contribution in [1.29, 1.82) is 0 Å². The van der Waals surface area contributed by atoms with Crippen molar-refractivity contribution in [3.63, 3.8) is 0 Å². The number of carbonyl (C=O) groups is 5. The van der Waals surface area contributed by atoms with Crippen LogP contribution in [-0.4, -0.2) is 83.2 Å². The summed E-state index contributed by atoms with van der Waals surface area (Å²) in [6.07, 6.45) is 0.774. The minimum Gasteiger partial charge on any atom is -0.480 e. The molecule has 202 valence electrons. The third-order valence-corrected chi connectivity index (χ3v) is 5.28. The predicted molar refractivity (Wildman–Crippen MR) is 127 cm³/mol. The van der Waals surface area contributed by atoms with E-state index in [1.54, 1.807) is 0 Å². The van der Waals surface area contributed by atoms with E-state index in [-0.39, 0.29) is 25.7 Å². The van der Waals surface area contributed by atoms with Crippen LogP contribution >= 0.6 is 0 Å². The molecule has 4 amide bonds. The van der Waals surface area contributed by atoms with Gasteiger partial charge in [0, 0.05) is 6.42 Å². The van der Waals surface area contributed by atoms with E-state index < -0.39 is 59.9 Å². The number of carboxylic acids is 1. The van der Waals surface area contributed by atoms with Gasteiger partial charge >= 0.3 is 5.97 Å². The second-order valence-electron chi connectivity index (χ2n) is 8.36. The number of nitrogens with one attached hydrogen (secondary N) is 3. The molecule has 0 aliphatic carbocycles. The molecule has 14 nitrogen and oxygen atoms in total. The third-order valence-electron chi connectivity index (χ3n) is 5.28. The fraction of sp³-hybridized carbons (Fsp3) is 0.762. The van der Waals surface area contributed by atoms with Gasteiger partial charge in [-0.3, -0.25) is 19.2 Å². The zero-order valence-corrected chi connectivity index (χ0v) is 20.2. The molecule has 0 bridgehead atoms. The van der Waals surface area contributed by atoms with Gasteiger partial charge in [-0.25, -0.2) is 4.79 Å². The molecule has 0 aliphatic heterocycles. The van der Waals surface area contributed by atoms with E-state index in [0.29, 0.717) is 38.8 Å². The molecule has 0 radical (unpaired) electrons. The molecule has 0 fully saturated rings. The first-order chi connectivity index (χ1) is 16.4. The van der Waals surface area contributed by atoms with Gasteiger partial charge in [-0.1, -0.05) is 0 Å². The first kappa shape index (κ1) is 32.2. The van der Waals surface area contributed by atoms with Gasteiger partial charge in [0.25, 0.3) is 0 Å². The van der Waals surface area contributed by atoms with Crippen molar-refractivity contribution in [2.75, 3.05) is 13.1 Å². The van der Waals surface area contributed by atoms with Gasteiger partial charge in [0.15, 0.2) is 0 Å². The lowest BCUT2D eigenvalue weighted by Crippen LogP contribution is -2.58. The molecule has 14 heteroatoms. The average molecular weight is 504 g/mol. The molecule has 0 aromatic heterocycles. The van der Waals surface area contributed by atoms with Crippen LogP contribution in [0.15, 0.2) is 0 Å². The SMILES string of the molecule is CC(O)C(N)C(=O)NC(CCCCN)C(=O)NC(CCC(N)=O)C(=O)NC(CCCCN)C(=O)O. The minimum atomic E-state index is -1.29. The molecule has 13 N–H and O–H groups in total. The molecule has 35 heavy (non-hydrogen) atoms.